The highest BCUT2D eigenvalue weighted by molar-refractivity contribution is 9.10. The molecule has 0 bridgehead atoms. The lowest BCUT2D eigenvalue weighted by Gasteiger charge is -2.13. The molecule has 0 spiro atoms. The summed E-state index contributed by atoms with van der Waals surface area (Å²) in [5.74, 6) is -0.223. The highest BCUT2D eigenvalue weighted by Gasteiger charge is 2.31. The van der Waals surface area contributed by atoms with E-state index in [2.05, 4.69) is 26.0 Å². The maximum absolute atomic E-state index is 12.7. The molecule has 0 aliphatic carbocycles. The number of hydrogen-bond acceptors (Lipinski definition) is 3. The Kier molecular flexibility index (Phi) is 6.06. The van der Waals surface area contributed by atoms with Crippen molar-refractivity contribution in [1.82, 2.24) is 5.32 Å². The zero-order valence-electron chi connectivity index (χ0n) is 11.5. The third-order valence-electron chi connectivity index (χ3n) is 2.42. The fourth-order valence-electron chi connectivity index (χ4n) is 1.52. The smallest absolute Gasteiger partial charge is 0.313 e. The third kappa shape index (κ3) is 6.66. The Hall–Kier alpha value is -0.800. The van der Waals surface area contributed by atoms with Gasteiger partial charge in [0.2, 0.25) is 10.0 Å². The van der Waals surface area contributed by atoms with Crippen LogP contribution >= 0.6 is 15.9 Å². The van der Waals surface area contributed by atoms with E-state index in [4.69, 9.17) is 0 Å². The number of anilines is 1. The average molecular weight is 389 g/mol. The van der Waals surface area contributed by atoms with E-state index in [1.807, 2.05) is 13.8 Å². The molecule has 0 atom stereocenters. The maximum Gasteiger partial charge on any atom is 0.416 e. The summed E-state index contributed by atoms with van der Waals surface area (Å²) in [6, 6.07) is 3.06. The van der Waals surface area contributed by atoms with Crippen molar-refractivity contribution in [1.29, 1.82) is 0 Å². The summed E-state index contributed by atoms with van der Waals surface area (Å²) in [5, 5.41) is 2.93. The molecular formula is C12H16BrF3N2O2S. The van der Waals surface area contributed by atoms with Crippen LogP contribution in [0.1, 0.15) is 19.4 Å². The number of benzene rings is 1. The number of sulfonamides is 1. The predicted molar refractivity (Wildman–Crippen MR) is 79.7 cm³/mol. The van der Waals surface area contributed by atoms with Crippen LogP contribution in [0.2, 0.25) is 0 Å². The third-order valence-corrected chi connectivity index (χ3v) is 4.17. The molecule has 1 aromatic rings. The van der Waals surface area contributed by atoms with E-state index in [1.165, 1.54) is 6.07 Å². The van der Waals surface area contributed by atoms with Gasteiger partial charge in [0, 0.05) is 17.1 Å². The standard InChI is InChI=1S/C12H16BrF3N2O2S/c1-8(2)17-3-4-21(19,20)18-11-6-9(12(14,15)16)5-10(13)7-11/h5-8,17-18H,3-4H2,1-2H3. The molecule has 120 valence electrons. The summed E-state index contributed by atoms with van der Waals surface area (Å²) in [6.07, 6.45) is -4.54. The molecule has 0 saturated carbocycles. The summed E-state index contributed by atoms with van der Waals surface area (Å²) in [4.78, 5) is 0. The van der Waals surface area contributed by atoms with Crippen molar-refractivity contribution in [3.63, 3.8) is 0 Å². The van der Waals surface area contributed by atoms with Crippen molar-refractivity contribution < 1.29 is 21.6 Å². The first kappa shape index (κ1) is 18.2. The van der Waals surface area contributed by atoms with Gasteiger partial charge >= 0.3 is 6.18 Å². The quantitative estimate of drug-likeness (QED) is 0.786. The lowest BCUT2D eigenvalue weighted by molar-refractivity contribution is -0.137. The first-order valence-electron chi connectivity index (χ1n) is 6.11. The van der Waals surface area contributed by atoms with Crippen LogP contribution in [0.3, 0.4) is 0 Å². The minimum atomic E-state index is -4.54. The molecular weight excluding hydrogens is 373 g/mol. The summed E-state index contributed by atoms with van der Waals surface area (Å²) in [6.45, 7) is 3.95. The van der Waals surface area contributed by atoms with Crippen LogP contribution in [0.15, 0.2) is 22.7 Å². The summed E-state index contributed by atoms with van der Waals surface area (Å²) >= 11 is 2.94. The minimum absolute atomic E-state index is 0.124. The van der Waals surface area contributed by atoms with Crippen LogP contribution in [-0.2, 0) is 16.2 Å². The van der Waals surface area contributed by atoms with Gasteiger partial charge in [-0.05, 0) is 18.2 Å². The van der Waals surface area contributed by atoms with Gasteiger partial charge in [-0.15, -0.1) is 0 Å². The van der Waals surface area contributed by atoms with Gasteiger partial charge in [-0.25, -0.2) is 8.42 Å². The Morgan fingerprint density at radius 1 is 1.24 bits per heavy atom. The first-order valence-corrected chi connectivity index (χ1v) is 8.56. The Morgan fingerprint density at radius 3 is 2.38 bits per heavy atom. The van der Waals surface area contributed by atoms with E-state index in [-0.39, 0.29) is 28.5 Å². The highest BCUT2D eigenvalue weighted by atomic mass is 79.9. The van der Waals surface area contributed by atoms with Crippen LogP contribution in [0.4, 0.5) is 18.9 Å². The molecule has 0 fully saturated rings. The minimum Gasteiger partial charge on any atom is -0.313 e. The Bertz CT molecular complexity index is 589. The van der Waals surface area contributed by atoms with Crippen LogP contribution in [0.5, 0.6) is 0 Å². The molecule has 0 saturated heterocycles. The van der Waals surface area contributed by atoms with Gasteiger partial charge in [0.05, 0.1) is 17.0 Å². The zero-order valence-corrected chi connectivity index (χ0v) is 13.9. The van der Waals surface area contributed by atoms with Crippen molar-refractivity contribution in [3.8, 4) is 0 Å². The molecule has 0 unspecified atom stereocenters. The summed E-state index contributed by atoms with van der Waals surface area (Å²) < 4.78 is 63.9. The average Bonchev–Trinajstić information content (AvgIpc) is 2.24. The van der Waals surface area contributed by atoms with Crippen molar-refractivity contribution in [3.05, 3.63) is 28.2 Å². The molecule has 9 heteroatoms. The number of halogens is 4. The Balaban J connectivity index is 2.85. The number of rotatable bonds is 6. The lowest BCUT2D eigenvalue weighted by atomic mass is 10.2. The van der Waals surface area contributed by atoms with Crippen LogP contribution in [0, 0.1) is 0 Å². The van der Waals surface area contributed by atoms with Gasteiger partial charge in [0.1, 0.15) is 0 Å². The van der Waals surface area contributed by atoms with Crippen LogP contribution in [-0.4, -0.2) is 26.8 Å². The largest absolute Gasteiger partial charge is 0.416 e. The first-order chi connectivity index (χ1) is 9.49. The number of hydrogen-bond donors (Lipinski definition) is 2. The SMILES string of the molecule is CC(C)NCCS(=O)(=O)Nc1cc(Br)cc(C(F)(F)F)c1. The molecule has 0 heterocycles. The van der Waals surface area contributed by atoms with E-state index < -0.39 is 21.8 Å². The second-order valence-electron chi connectivity index (χ2n) is 4.76. The fourth-order valence-corrected chi connectivity index (χ4v) is 2.98. The van der Waals surface area contributed by atoms with Crippen molar-refractivity contribution >= 4 is 31.6 Å². The van der Waals surface area contributed by atoms with Crippen molar-refractivity contribution in [2.45, 2.75) is 26.1 Å². The normalized spacial score (nSPS) is 12.7. The Morgan fingerprint density at radius 2 is 1.86 bits per heavy atom. The van der Waals surface area contributed by atoms with Gasteiger partial charge in [-0.3, -0.25) is 4.72 Å². The van der Waals surface area contributed by atoms with Gasteiger partial charge in [-0.1, -0.05) is 29.8 Å². The molecule has 4 nitrogen and oxygen atoms in total. The monoisotopic (exact) mass is 388 g/mol. The topological polar surface area (TPSA) is 58.2 Å². The molecule has 2 N–H and O–H groups in total. The van der Waals surface area contributed by atoms with Crippen LogP contribution < -0.4 is 10.0 Å². The van der Waals surface area contributed by atoms with Gasteiger partial charge in [-0.2, -0.15) is 13.2 Å². The molecule has 21 heavy (non-hydrogen) atoms. The van der Waals surface area contributed by atoms with E-state index in [1.54, 1.807) is 0 Å². The Labute approximate surface area is 130 Å². The molecule has 0 aliphatic rings. The van der Waals surface area contributed by atoms with Crippen molar-refractivity contribution in [2.75, 3.05) is 17.0 Å². The molecule has 0 aromatic heterocycles. The summed E-state index contributed by atoms with van der Waals surface area (Å²) in [7, 11) is -3.71. The second-order valence-corrected chi connectivity index (χ2v) is 7.51. The fraction of sp³-hybridized carbons (Fsp3) is 0.500. The second kappa shape index (κ2) is 6.97. The maximum atomic E-state index is 12.7. The van der Waals surface area contributed by atoms with Crippen molar-refractivity contribution in [2.24, 2.45) is 0 Å². The molecule has 1 aromatic carbocycles. The zero-order chi connectivity index (χ0) is 16.3. The molecule has 0 radical (unpaired) electrons. The molecule has 1 rings (SSSR count). The summed E-state index contributed by atoms with van der Waals surface area (Å²) in [5.41, 5.74) is -1.05. The lowest BCUT2D eigenvalue weighted by Crippen LogP contribution is -2.31. The highest BCUT2D eigenvalue weighted by Crippen LogP contribution is 2.33. The van der Waals surface area contributed by atoms with Gasteiger partial charge in [0.25, 0.3) is 0 Å². The number of alkyl halides is 3. The van der Waals surface area contributed by atoms with Crippen LogP contribution in [0.25, 0.3) is 0 Å². The van der Waals surface area contributed by atoms with E-state index in [0.29, 0.717) is 0 Å². The predicted octanol–water partition coefficient (Wildman–Crippen LogP) is 3.21. The van der Waals surface area contributed by atoms with E-state index in [9.17, 15) is 21.6 Å². The van der Waals surface area contributed by atoms with E-state index in [0.717, 1.165) is 12.1 Å². The van der Waals surface area contributed by atoms with E-state index >= 15 is 0 Å². The van der Waals surface area contributed by atoms with Gasteiger partial charge < -0.3 is 5.32 Å². The number of nitrogens with one attached hydrogen (secondary N) is 2. The van der Waals surface area contributed by atoms with Gasteiger partial charge in [0.15, 0.2) is 0 Å². The molecule has 0 amide bonds. The molecule has 0 aliphatic heterocycles.